The van der Waals surface area contributed by atoms with Gasteiger partial charge in [-0.25, -0.2) is 4.79 Å². The van der Waals surface area contributed by atoms with E-state index in [9.17, 15) is 14.4 Å². The minimum atomic E-state index is -0.748. The van der Waals surface area contributed by atoms with Crippen molar-refractivity contribution in [3.8, 4) is 0 Å². The van der Waals surface area contributed by atoms with Crippen LogP contribution in [0.15, 0.2) is 50.9 Å². The highest BCUT2D eigenvalue weighted by atomic mass is 32.2. The summed E-state index contributed by atoms with van der Waals surface area (Å²) in [5, 5.41) is 3.45. The number of aromatic amines is 1. The second-order valence-electron chi connectivity index (χ2n) is 8.59. The maximum absolute atomic E-state index is 12.9. The molecule has 1 aromatic heterocycles. The van der Waals surface area contributed by atoms with Crippen LogP contribution >= 0.6 is 11.8 Å². The molecule has 0 unspecified atom stereocenters. The Balaban J connectivity index is 1.15. The molecule has 0 saturated carbocycles. The van der Waals surface area contributed by atoms with Gasteiger partial charge < -0.3 is 24.7 Å². The van der Waals surface area contributed by atoms with Crippen LogP contribution in [0.2, 0.25) is 0 Å². The van der Waals surface area contributed by atoms with Crippen LogP contribution in [0.3, 0.4) is 0 Å². The zero-order valence-corrected chi connectivity index (χ0v) is 18.7. The van der Waals surface area contributed by atoms with Gasteiger partial charge in [0.25, 0.3) is 5.56 Å². The molecule has 2 N–H and O–H groups in total. The van der Waals surface area contributed by atoms with Gasteiger partial charge in [-0.1, -0.05) is 12.1 Å². The Bertz CT molecular complexity index is 1410. The standard InChI is InChI=1S/C23H22N4O5S/c1-13-4-2-5-15-19(13)20(29)26(21(30)25-15)9-3-8-23-12-27(22(31-23)32-23)14-6-7-17-16(10-14)24-18(28)11-33-17/h2,4-7,10,22H,3,8-9,11-12H2,1H3,(H,24,28)(H,25,30). The lowest BCUT2D eigenvalue weighted by atomic mass is 10.1. The first kappa shape index (κ1) is 20.5. The maximum Gasteiger partial charge on any atom is 0.328 e. The average Bonchev–Trinajstić information content (AvgIpc) is 3.31. The highest BCUT2D eigenvalue weighted by molar-refractivity contribution is 8.00. The molecule has 0 spiro atoms. The molecule has 5 heterocycles. The fraction of sp³-hybridized carbons (Fsp3) is 0.348. The molecule has 3 saturated heterocycles. The third-order valence-electron chi connectivity index (χ3n) is 6.38. The molecule has 10 heteroatoms. The van der Waals surface area contributed by atoms with Crippen molar-refractivity contribution < 1.29 is 14.3 Å². The fourth-order valence-electron chi connectivity index (χ4n) is 4.75. The number of H-pyrrole nitrogens is 1. The van der Waals surface area contributed by atoms with E-state index in [-0.39, 0.29) is 18.0 Å². The molecule has 2 aromatic carbocycles. The average molecular weight is 467 g/mol. The molecule has 1 amide bonds. The zero-order valence-electron chi connectivity index (χ0n) is 17.9. The molecule has 7 rings (SSSR count). The summed E-state index contributed by atoms with van der Waals surface area (Å²) in [6.45, 7) is 2.68. The van der Waals surface area contributed by atoms with Crippen LogP contribution in [0.1, 0.15) is 18.4 Å². The van der Waals surface area contributed by atoms with Gasteiger partial charge in [-0.15, -0.1) is 11.8 Å². The molecule has 4 aliphatic heterocycles. The van der Waals surface area contributed by atoms with Crippen molar-refractivity contribution in [2.24, 2.45) is 0 Å². The lowest BCUT2D eigenvalue weighted by Crippen LogP contribution is -2.47. The number of anilines is 2. The summed E-state index contributed by atoms with van der Waals surface area (Å²) in [5.41, 5.74) is 2.42. The molecule has 3 aromatic rings. The third-order valence-corrected chi connectivity index (χ3v) is 7.46. The maximum atomic E-state index is 12.9. The molecular weight excluding hydrogens is 444 g/mol. The van der Waals surface area contributed by atoms with Gasteiger partial charge in [-0.05, 0) is 43.2 Å². The predicted molar refractivity (Wildman–Crippen MR) is 125 cm³/mol. The van der Waals surface area contributed by atoms with Gasteiger partial charge in [0.15, 0.2) is 5.79 Å². The Morgan fingerprint density at radius 2 is 2.03 bits per heavy atom. The fourth-order valence-corrected chi connectivity index (χ4v) is 5.54. The van der Waals surface area contributed by atoms with Crippen molar-refractivity contribution in [1.29, 1.82) is 0 Å². The summed E-state index contributed by atoms with van der Waals surface area (Å²) >= 11 is 1.52. The van der Waals surface area contributed by atoms with E-state index in [0.717, 1.165) is 21.8 Å². The van der Waals surface area contributed by atoms with Crippen LogP contribution < -0.4 is 21.5 Å². The van der Waals surface area contributed by atoms with Gasteiger partial charge in [0.2, 0.25) is 12.3 Å². The Hall–Kier alpha value is -3.08. The van der Waals surface area contributed by atoms with Crippen LogP contribution in [0.5, 0.6) is 0 Å². The van der Waals surface area contributed by atoms with E-state index in [0.29, 0.717) is 36.0 Å². The molecular formula is C23H22N4O5S. The molecule has 9 nitrogen and oxygen atoms in total. The van der Waals surface area contributed by atoms with E-state index >= 15 is 0 Å². The molecule has 3 fully saturated rings. The smallest absolute Gasteiger partial charge is 0.324 e. The quantitative estimate of drug-likeness (QED) is 0.595. The van der Waals surface area contributed by atoms with Crippen molar-refractivity contribution in [2.45, 2.75) is 43.4 Å². The number of nitrogens with one attached hydrogen (secondary N) is 2. The van der Waals surface area contributed by atoms with Gasteiger partial charge >= 0.3 is 5.69 Å². The number of thioether (sulfide) groups is 1. The first-order valence-corrected chi connectivity index (χ1v) is 11.8. The summed E-state index contributed by atoms with van der Waals surface area (Å²) in [6.07, 6.45) is 0.636. The number of ether oxygens (including phenoxy) is 2. The van der Waals surface area contributed by atoms with Gasteiger partial charge in [0.1, 0.15) is 0 Å². The normalized spacial score (nSPS) is 23.4. The SMILES string of the molecule is Cc1cccc2[nH]c(=O)n(CCCC34CN(c5ccc6c(c5)NC(=O)CS6)C(O3)O4)c(=O)c12. The van der Waals surface area contributed by atoms with E-state index in [1.807, 2.05) is 42.2 Å². The monoisotopic (exact) mass is 466 g/mol. The molecule has 0 radical (unpaired) electrons. The van der Waals surface area contributed by atoms with Crippen molar-refractivity contribution in [3.05, 3.63) is 62.8 Å². The van der Waals surface area contributed by atoms with Gasteiger partial charge in [-0.2, -0.15) is 0 Å². The minimum Gasteiger partial charge on any atom is -0.324 e. The summed E-state index contributed by atoms with van der Waals surface area (Å²) in [7, 11) is 0. The van der Waals surface area contributed by atoms with Crippen molar-refractivity contribution in [1.82, 2.24) is 9.55 Å². The second-order valence-corrected chi connectivity index (χ2v) is 9.60. The molecule has 4 aliphatic rings. The molecule has 2 bridgehead atoms. The number of aryl methyl sites for hydroxylation is 1. The largest absolute Gasteiger partial charge is 0.328 e. The molecule has 0 atom stereocenters. The number of fused-ring (bicyclic) bond motifs is 3. The first-order valence-electron chi connectivity index (χ1n) is 10.8. The minimum absolute atomic E-state index is 0.00606. The molecule has 0 aliphatic carbocycles. The molecule has 33 heavy (non-hydrogen) atoms. The van der Waals surface area contributed by atoms with Gasteiger partial charge in [0.05, 0.1) is 28.9 Å². The third kappa shape index (κ3) is 3.36. The van der Waals surface area contributed by atoms with E-state index in [1.165, 1.54) is 16.3 Å². The van der Waals surface area contributed by atoms with Crippen LogP contribution in [-0.4, -0.2) is 40.0 Å². The number of hydrogen-bond donors (Lipinski definition) is 2. The van der Waals surface area contributed by atoms with E-state index < -0.39 is 17.9 Å². The Morgan fingerprint density at radius 1 is 1.18 bits per heavy atom. The lowest BCUT2D eigenvalue weighted by Gasteiger charge is -2.37. The number of benzene rings is 2. The second kappa shape index (κ2) is 7.47. The van der Waals surface area contributed by atoms with E-state index in [2.05, 4.69) is 10.3 Å². The van der Waals surface area contributed by atoms with Crippen molar-refractivity contribution in [2.75, 3.05) is 22.5 Å². The highest BCUT2D eigenvalue weighted by Gasteiger charge is 2.58. The number of aromatic nitrogens is 2. The number of nitrogens with zero attached hydrogens (tertiary/aromatic N) is 2. The summed E-state index contributed by atoms with van der Waals surface area (Å²) in [5.74, 6) is -0.327. The predicted octanol–water partition coefficient (Wildman–Crippen LogP) is 2.37. The highest BCUT2D eigenvalue weighted by Crippen LogP contribution is 2.46. The number of carbonyl (C=O) groups is 1. The summed E-state index contributed by atoms with van der Waals surface area (Å²) < 4.78 is 13.2. The molecule has 170 valence electrons. The van der Waals surface area contributed by atoms with E-state index in [4.69, 9.17) is 9.47 Å². The zero-order chi connectivity index (χ0) is 22.7. The van der Waals surface area contributed by atoms with Crippen molar-refractivity contribution in [3.63, 3.8) is 0 Å². The Kier molecular flexibility index (Phi) is 4.65. The van der Waals surface area contributed by atoms with Crippen LogP contribution in [0, 0.1) is 6.92 Å². The number of hydrogen-bond acceptors (Lipinski definition) is 7. The number of rotatable bonds is 5. The lowest BCUT2D eigenvalue weighted by molar-refractivity contribution is -0.406. The summed E-state index contributed by atoms with van der Waals surface area (Å²) in [6, 6.07) is 11.4. The van der Waals surface area contributed by atoms with Gasteiger partial charge in [-0.3, -0.25) is 14.2 Å². The Labute approximate surface area is 192 Å². The first-order chi connectivity index (χ1) is 15.9. The Morgan fingerprint density at radius 3 is 2.88 bits per heavy atom. The van der Waals surface area contributed by atoms with Gasteiger partial charge in [0, 0.05) is 23.5 Å². The number of carbonyl (C=O) groups excluding carboxylic acids is 1. The van der Waals surface area contributed by atoms with Crippen LogP contribution in [-0.2, 0) is 20.8 Å². The van der Waals surface area contributed by atoms with Crippen molar-refractivity contribution >= 4 is 39.9 Å². The van der Waals surface area contributed by atoms with Crippen LogP contribution in [0.4, 0.5) is 11.4 Å². The van der Waals surface area contributed by atoms with Crippen LogP contribution in [0.25, 0.3) is 10.9 Å². The topological polar surface area (TPSA) is 106 Å². The summed E-state index contributed by atoms with van der Waals surface area (Å²) in [4.78, 5) is 42.9. The number of amides is 1. The van der Waals surface area contributed by atoms with E-state index in [1.54, 1.807) is 6.07 Å².